The summed E-state index contributed by atoms with van der Waals surface area (Å²) in [5.74, 6) is 0.0198. The first-order chi connectivity index (χ1) is 13.5. The van der Waals surface area contributed by atoms with Gasteiger partial charge in [-0.3, -0.25) is 9.69 Å². The molecule has 2 aliphatic heterocycles. The van der Waals surface area contributed by atoms with E-state index in [2.05, 4.69) is 14.9 Å². The highest BCUT2D eigenvalue weighted by Gasteiger charge is 2.32. The van der Waals surface area contributed by atoms with E-state index in [0.29, 0.717) is 32.3 Å². The highest BCUT2D eigenvalue weighted by Crippen LogP contribution is 2.22. The first kappa shape index (κ1) is 21.2. The van der Waals surface area contributed by atoms with Crippen LogP contribution < -0.4 is 10.0 Å². The minimum atomic E-state index is -3.74. The number of benzene rings is 1. The summed E-state index contributed by atoms with van der Waals surface area (Å²) in [5, 5.41) is 2.93. The van der Waals surface area contributed by atoms with Crippen molar-refractivity contribution in [3.8, 4) is 0 Å². The SMILES string of the molecule is C[C@H](NS(=O)(=O)c1ccccc1)C(=O)NCC(C1CCOC1)N1CCOCC1. The van der Waals surface area contributed by atoms with Gasteiger partial charge in [0.2, 0.25) is 15.9 Å². The average Bonchev–Trinajstić information content (AvgIpc) is 3.23. The number of rotatable bonds is 8. The molecule has 1 aromatic carbocycles. The third kappa shape index (κ3) is 5.51. The molecule has 28 heavy (non-hydrogen) atoms. The topological polar surface area (TPSA) is 97.0 Å². The molecule has 2 aliphatic rings. The van der Waals surface area contributed by atoms with Crippen LogP contribution in [0.4, 0.5) is 0 Å². The van der Waals surface area contributed by atoms with Gasteiger partial charge in [0, 0.05) is 38.2 Å². The third-order valence-electron chi connectivity index (χ3n) is 5.29. The van der Waals surface area contributed by atoms with Gasteiger partial charge >= 0.3 is 0 Å². The number of amides is 1. The highest BCUT2D eigenvalue weighted by molar-refractivity contribution is 7.89. The minimum Gasteiger partial charge on any atom is -0.381 e. The fraction of sp³-hybridized carbons (Fsp3) is 0.632. The van der Waals surface area contributed by atoms with Gasteiger partial charge in [-0.2, -0.15) is 4.72 Å². The van der Waals surface area contributed by atoms with Gasteiger partial charge in [-0.15, -0.1) is 0 Å². The first-order valence-corrected chi connectivity index (χ1v) is 11.2. The molecule has 0 aliphatic carbocycles. The molecule has 2 fully saturated rings. The summed E-state index contributed by atoms with van der Waals surface area (Å²) in [6.07, 6.45) is 0.966. The molecular weight excluding hydrogens is 382 g/mol. The molecule has 0 saturated carbocycles. The Bertz CT molecular complexity index is 731. The molecule has 8 nitrogen and oxygen atoms in total. The number of ether oxygens (including phenoxy) is 2. The van der Waals surface area contributed by atoms with E-state index in [1.807, 2.05) is 0 Å². The van der Waals surface area contributed by atoms with E-state index in [9.17, 15) is 13.2 Å². The standard InChI is InChI=1S/C19H29N3O5S/c1-15(21-28(24,25)17-5-3-2-4-6-17)19(23)20-13-18(16-7-10-27-14-16)22-8-11-26-12-9-22/h2-6,15-16,18,21H,7-14H2,1H3,(H,20,23)/t15-,16?,18?/m0/s1. The number of hydrogen-bond acceptors (Lipinski definition) is 6. The molecule has 2 N–H and O–H groups in total. The van der Waals surface area contributed by atoms with Crippen LogP contribution in [-0.2, 0) is 24.3 Å². The van der Waals surface area contributed by atoms with Crippen molar-refractivity contribution in [2.45, 2.75) is 30.3 Å². The first-order valence-electron chi connectivity index (χ1n) is 9.72. The van der Waals surface area contributed by atoms with Crippen LogP contribution in [0.2, 0.25) is 0 Å². The zero-order valence-corrected chi connectivity index (χ0v) is 17.0. The van der Waals surface area contributed by atoms with Gasteiger partial charge in [-0.05, 0) is 25.5 Å². The molecule has 1 amide bonds. The monoisotopic (exact) mass is 411 g/mol. The van der Waals surface area contributed by atoms with E-state index in [1.165, 1.54) is 12.1 Å². The second kappa shape index (κ2) is 9.80. The molecule has 2 saturated heterocycles. The number of sulfonamides is 1. The number of morpholine rings is 1. The fourth-order valence-corrected chi connectivity index (χ4v) is 4.90. The minimum absolute atomic E-state index is 0.143. The lowest BCUT2D eigenvalue weighted by Crippen LogP contribution is -2.54. The molecule has 0 radical (unpaired) electrons. The Hall–Kier alpha value is -1.52. The van der Waals surface area contributed by atoms with Crippen molar-refractivity contribution >= 4 is 15.9 Å². The van der Waals surface area contributed by atoms with Gasteiger partial charge in [0.1, 0.15) is 0 Å². The quantitative estimate of drug-likeness (QED) is 0.635. The molecule has 9 heteroatoms. The molecule has 0 aromatic heterocycles. The summed E-state index contributed by atoms with van der Waals surface area (Å²) >= 11 is 0. The summed E-state index contributed by atoms with van der Waals surface area (Å²) < 4.78 is 38.2. The Kier molecular flexibility index (Phi) is 7.42. The largest absolute Gasteiger partial charge is 0.381 e. The van der Waals surface area contributed by atoms with Crippen molar-refractivity contribution in [1.82, 2.24) is 14.9 Å². The highest BCUT2D eigenvalue weighted by atomic mass is 32.2. The Morgan fingerprint density at radius 1 is 1.18 bits per heavy atom. The van der Waals surface area contributed by atoms with Crippen molar-refractivity contribution in [2.24, 2.45) is 5.92 Å². The van der Waals surface area contributed by atoms with Crippen molar-refractivity contribution in [3.63, 3.8) is 0 Å². The maximum absolute atomic E-state index is 12.5. The number of carbonyl (C=O) groups excluding carboxylic acids is 1. The molecule has 1 aromatic rings. The fourth-order valence-electron chi connectivity index (χ4n) is 3.67. The van der Waals surface area contributed by atoms with E-state index in [4.69, 9.17) is 9.47 Å². The van der Waals surface area contributed by atoms with Crippen LogP contribution in [0, 0.1) is 5.92 Å². The maximum atomic E-state index is 12.5. The Balaban J connectivity index is 1.57. The second-order valence-electron chi connectivity index (χ2n) is 7.24. The molecule has 0 bridgehead atoms. The molecule has 156 valence electrons. The van der Waals surface area contributed by atoms with Crippen LogP contribution >= 0.6 is 0 Å². The summed E-state index contributed by atoms with van der Waals surface area (Å²) in [6.45, 7) is 6.47. The van der Waals surface area contributed by atoms with Gasteiger partial charge in [-0.25, -0.2) is 8.42 Å². The van der Waals surface area contributed by atoms with Gasteiger partial charge in [0.15, 0.2) is 0 Å². The van der Waals surface area contributed by atoms with E-state index < -0.39 is 16.1 Å². The van der Waals surface area contributed by atoms with Gasteiger partial charge in [0.25, 0.3) is 0 Å². The van der Waals surface area contributed by atoms with Crippen LogP contribution in [0.3, 0.4) is 0 Å². The van der Waals surface area contributed by atoms with Gasteiger partial charge < -0.3 is 14.8 Å². The molecule has 2 unspecified atom stereocenters. The zero-order chi connectivity index (χ0) is 20.0. The summed E-state index contributed by atoms with van der Waals surface area (Å²) in [7, 11) is -3.74. The molecule has 2 heterocycles. The average molecular weight is 412 g/mol. The van der Waals surface area contributed by atoms with Gasteiger partial charge in [-0.1, -0.05) is 18.2 Å². The van der Waals surface area contributed by atoms with Crippen molar-refractivity contribution in [1.29, 1.82) is 0 Å². The third-order valence-corrected chi connectivity index (χ3v) is 6.84. The number of hydrogen-bond donors (Lipinski definition) is 2. The molecule has 3 atom stereocenters. The predicted molar refractivity (Wildman–Crippen MR) is 104 cm³/mol. The van der Waals surface area contributed by atoms with Crippen LogP contribution in [-0.4, -0.2) is 77.4 Å². The lowest BCUT2D eigenvalue weighted by Gasteiger charge is -2.37. The summed E-state index contributed by atoms with van der Waals surface area (Å²) in [6, 6.07) is 7.34. The maximum Gasteiger partial charge on any atom is 0.241 e. The summed E-state index contributed by atoms with van der Waals surface area (Å²) in [4.78, 5) is 15.0. The molecular formula is C19H29N3O5S. The second-order valence-corrected chi connectivity index (χ2v) is 8.95. The number of nitrogens with one attached hydrogen (secondary N) is 2. The predicted octanol–water partition coefficient (Wildman–Crippen LogP) is 0.207. The number of carbonyl (C=O) groups is 1. The van der Waals surface area contributed by atoms with Crippen LogP contribution in [0.5, 0.6) is 0 Å². The van der Waals surface area contributed by atoms with E-state index >= 15 is 0 Å². The van der Waals surface area contributed by atoms with Gasteiger partial charge in [0.05, 0.1) is 30.8 Å². The van der Waals surface area contributed by atoms with E-state index in [-0.39, 0.29) is 16.8 Å². The summed E-state index contributed by atoms with van der Waals surface area (Å²) in [5.41, 5.74) is 0. The normalized spacial score (nSPS) is 23.2. The molecule has 3 rings (SSSR count). The zero-order valence-electron chi connectivity index (χ0n) is 16.2. The van der Waals surface area contributed by atoms with Crippen LogP contribution in [0.15, 0.2) is 35.2 Å². The smallest absolute Gasteiger partial charge is 0.241 e. The van der Waals surface area contributed by atoms with Crippen LogP contribution in [0.1, 0.15) is 13.3 Å². The van der Waals surface area contributed by atoms with Crippen LogP contribution in [0.25, 0.3) is 0 Å². The van der Waals surface area contributed by atoms with Crippen molar-refractivity contribution in [3.05, 3.63) is 30.3 Å². The lowest BCUT2D eigenvalue weighted by molar-refractivity contribution is -0.122. The Morgan fingerprint density at radius 2 is 1.89 bits per heavy atom. The number of nitrogens with zero attached hydrogens (tertiary/aromatic N) is 1. The van der Waals surface area contributed by atoms with Crippen molar-refractivity contribution < 1.29 is 22.7 Å². The van der Waals surface area contributed by atoms with E-state index in [0.717, 1.165) is 26.1 Å². The van der Waals surface area contributed by atoms with E-state index in [1.54, 1.807) is 25.1 Å². The Morgan fingerprint density at radius 3 is 2.54 bits per heavy atom. The Labute approximate surface area is 166 Å². The molecule has 0 spiro atoms. The van der Waals surface area contributed by atoms with Crippen molar-refractivity contribution in [2.75, 3.05) is 46.1 Å². The lowest BCUT2D eigenvalue weighted by atomic mass is 9.96.